The highest BCUT2D eigenvalue weighted by Gasteiger charge is 2.30. The molecule has 0 saturated carbocycles. The molecule has 0 bridgehead atoms. The average Bonchev–Trinajstić information content (AvgIpc) is 3.08. The molecule has 0 saturated heterocycles. The first-order valence-corrected chi connectivity index (χ1v) is 9.46. The Labute approximate surface area is 186 Å². The predicted octanol–water partition coefficient (Wildman–Crippen LogP) is 4.32. The van der Waals surface area contributed by atoms with Gasteiger partial charge >= 0.3 is 6.18 Å². The quantitative estimate of drug-likeness (QED) is 0.358. The standard InChI is InChI=1S/C20H26F3N5.HI/c1-13(2)28-12-15-6-9-17(10-18(15)27-28)26-19(24-3)25-11-14-4-7-16(8-5-14)20(21,22)23;/h4-5,7-8,12-13,17H,6,9-11H2,1-3H3,(H2,24,25,26);1H. The molecule has 1 atom stereocenters. The van der Waals surface area contributed by atoms with Crippen LogP contribution in [0.5, 0.6) is 0 Å². The van der Waals surface area contributed by atoms with Crippen LogP contribution < -0.4 is 10.6 Å². The molecule has 0 fully saturated rings. The second-order valence-corrected chi connectivity index (χ2v) is 7.38. The van der Waals surface area contributed by atoms with Crippen molar-refractivity contribution >= 4 is 29.9 Å². The van der Waals surface area contributed by atoms with Crippen LogP contribution in [0.15, 0.2) is 35.5 Å². The normalized spacial score (nSPS) is 16.9. The number of hydrogen-bond acceptors (Lipinski definition) is 2. The Morgan fingerprint density at radius 3 is 2.55 bits per heavy atom. The molecule has 0 radical (unpaired) electrons. The summed E-state index contributed by atoms with van der Waals surface area (Å²) < 4.78 is 40.0. The van der Waals surface area contributed by atoms with Crippen LogP contribution in [0.25, 0.3) is 0 Å². The zero-order chi connectivity index (χ0) is 20.3. The van der Waals surface area contributed by atoms with Crippen LogP contribution in [0, 0.1) is 0 Å². The highest BCUT2D eigenvalue weighted by Crippen LogP contribution is 2.29. The summed E-state index contributed by atoms with van der Waals surface area (Å²) in [6, 6.07) is 5.72. The lowest BCUT2D eigenvalue weighted by Crippen LogP contribution is -2.45. The molecule has 1 aromatic heterocycles. The van der Waals surface area contributed by atoms with Crippen molar-refractivity contribution in [2.45, 2.75) is 57.9 Å². The SMILES string of the molecule is CN=C(NCc1ccc(C(F)(F)F)cc1)NC1CCc2cn(C(C)C)nc2C1.I. The van der Waals surface area contributed by atoms with E-state index in [0.717, 1.165) is 42.7 Å². The summed E-state index contributed by atoms with van der Waals surface area (Å²) in [4.78, 5) is 4.23. The van der Waals surface area contributed by atoms with Crippen molar-refractivity contribution in [3.8, 4) is 0 Å². The van der Waals surface area contributed by atoms with Crippen LogP contribution in [0.4, 0.5) is 13.2 Å². The predicted molar refractivity (Wildman–Crippen MR) is 119 cm³/mol. The fourth-order valence-electron chi connectivity index (χ4n) is 3.29. The van der Waals surface area contributed by atoms with Gasteiger partial charge in [-0.3, -0.25) is 9.67 Å². The number of halogens is 4. The first-order chi connectivity index (χ1) is 13.3. The molecule has 9 heteroatoms. The van der Waals surface area contributed by atoms with E-state index in [0.29, 0.717) is 18.5 Å². The molecule has 0 spiro atoms. The zero-order valence-electron chi connectivity index (χ0n) is 16.8. The molecular formula is C20H27F3IN5. The van der Waals surface area contributed by atoms with Crippen molar-refractivity contribution in [3.05, 3.63) is 52.8 Å². The van der Waals surface area contributed by atoms with E-state index in [1.54, 1.807) is 7.05 Å². The van der Waals surface area contributed by atoms with Crippen LogP contribution >= 0.6 is 24.0 Å². The van der Waals surface area contributed by atoms with Gasteiger partial charge in [-0.2, -0.15) is 18.3 Å². The maximum atomic E-state index is 12.6. The molecule has 160 valence electrons. The molecule has 29 heavy (non-hydrogen) atoms. The Morgan fingerprint density at radius 2 is 1.97 bits per heavy atom. The lowest BCUT2D eigenvalue weighted by atomic mass is 9.94. The van der Waals surface area contributed by atoms with E-state index >= 15 is 0 Å². The second kappa shape index (κ2) is 9.82. The van der Waals surface area contributed by atoms with Gasteiger partial charge in [0.15, 0.2) is 5.96 Å². The summed E-state index contributed by atoms with van der Waals surface area (Å²) in [7, 11) is 1.68. The molecule has 2 aromatic rings. The monoisotopic (exact) mass is 521 g/mol. The van der Waals surface area contributed by atoms with Crippen LogP contribution in [0.3, 0.4) is 0 Å². The Bertz CT molecular complexity index is 828. The van der Waals surface area contributed by atoms with E-state index < -0.39 is 11.7 Å². The number of aryl methyl sites for hydroxylation is 1. The number of alkyl halides is 3. The lowest BCUT2D eigenvalue weighted by Gasteiger charge is -2.24. The largest absolute Gasteiger partial charge is 0.416 e. The summed E-state index contributed by atoms with van der Waals surface area (Å²) >= 11 is 0. The smallest absolute Gasteiger partial charge is 0.353 e. The topological polar surface area (TPSA) is 54.2 Å². The number of aromatic nitrogens is 2. The molecule has 1 heterocycles. The molecule has 1 unspecified atom stereocenters. The summed E-state index contributed by atoms with van der Waals surface area (Å²) in [5.74, 6) is 0.636. The fourth-order valence-corrected chi connectivity index (χ4v) is 3.29. The van der Waals surface area contributed by atoms with E-state index in [1.165, 1.54) is 17.7 Å². The van der Waals surface area contributed by atoms with Crippen molar-refractivity contribution in [3.63, 3.8) is 0 Å². The maximum absolute atomic E-state index is 12.6. The maximum Gasteiger partial charge on any atom is 0.416 e. The van der Waals surface area contributed by atoms with Gasteiger partial charge in [0.25, 0.3) is 0 Å². The van der Waals surface area contributed by atoms with Gasteiger partial charge in [0.1, 0.15) is 0 Å². The Kier molecular flexibility index (Phi) is 7.95. The zero-order valence-corrected chi connectivity index (χ0v) is 19.1. The Morgan fingerprint density at radius 1 is 1.28 bits per heavy atom. The number of guanidine groups is 1. The van der Waals surface area contributed by atoms with Crippen molar-refractivity contribution in [2.24, 2.45) is 4.99 Å². The van der Waals surface area contributed by atoms with Gasteiger partial charge in [0, 0.05) is 38.3 Å². The molecule has 0 amide bonds. The molecule has 1 aromatic carbocycles. The van der Waals surface area contributed by atoms with Gasteiger partial charge in [-0.05, 0) is 49.9 Å². The minimum absolute atomic E-state index is 0. The number of nitrogens with zero attached hydrogens (tertiary/aromatic N) is 3. The van der Waals surface area contributed by atoms with Crippen LogP contribution in [-0.4, -0.2) is 28.8 Å². The molecule has 1 aliphatic rings. The number of aliphatic imine (C=N–C) groups is 1. The van der Waals surface area contributed by atoms with Gasteiger partial charge in [-0.15, -0.1) is 24.0 Å². The minimum atomic E-state index is -4.31. The highest BCUT2D eigenvalue weighted by atomic mass is 127. The number of benzene rings is 1. The van der Waals surface area contributed by atoms with E-state index in [2.05, 4.69) is 40.8 Å². The van der Waals surface area contributed by atoms with Gasteiger partial charge < -0.3 is 10.6 Å². The van der Waals surface area contributed by atoms with Gasteiger partial charge in [0.2, 0.25) is 0 Å². The number of hydrogen-bond donors (Lipinski definition) is 2. The minimum Gasteiger partial charge on any atom is -0.353 e. The number of rotatable bonds is 4. The first kappa shape index (κ1) is 23.5. The summed E-state index contributed by atoms with van der Waals surface area (Å²) in [6.45, 7) is 4.63. The van der Waals surface area contributed by atoms with Crippen molar-refractivity contribution in [2.75, 3.05) is 7.05 Å². The molecule has 3 rings (SSSR count). The van der Waals surface area contributed by atoms with Gasteiger partial charge in [0.05, 0.1) is 11.3 Å². The van der Waals surface area contributed by atoms with E-state index in [9.17, 15) is 13.2 Å². The lowest BCUT2D eigenvalue weighted by molar-refractivity contribution is -0.137. The van der Waals surface area contributed by atoms with E-state index in [1.807, 2.05) is 4.68 Å². The van der Waals surface area contributed by atoms with Gasteiger partial charge in [-0.25, -0.2) is 0 Å². The third-order valence-electron chi connectivity index (χ3n) is 4.93. The summed E-state index contributed by atoms with van der Waals surface area (Å²) in [6.07, 6.45) is 0.600. The number of fused-ring (bicyclic) bond motifs is 1. The van der Waals surface area contributed by atoms with Crippen LogP contribution in [0.2, 0.25) is 0 Å². The van der Waals surface area contributed by atoms with E-state index in [4.69, 9.17) is 0 Å². The molecule has 1 aliphatic carbocycles. The Hall–Kier alpha value is -1.78. The molecule has 0 aliphatic heterocycles. The summed E-state index contributed by atoms with van der Waals surface area (Å²) in [5, 5.41) is 11.3. The number of nitrogens with one attached hydrogen (secondary N) is 2. The molecule has 2 N–H and O–H groups in total. The van der Waals surface area contributed by atoms with Crippen molar-refractivity contribution < 1.29 is 13.2 Å². The van der Waals surface area contributed by atoms with Crippen LogP contribution in [0.1, 0.15) is 48.7 Å². The first-order valence-electron chi connectivity index (χ1n) is 9.46. The Balaban J connectivity index is 0.00000300. The average molecular weight is 521 g/mol. The van der Waals surface area contributed by atoms with Crippen LogP contribution in [-0.2, 0) is 25.6 Å². The van der Waals surface area contributed by atoms with Gasteiger partial charge in [-0.1, -0.05) is 12.1 Å². The second-order valence-electron chi connectivity index (χ2n) is 7.38. The highest BCUT2D eigenvalue weighted by molar-refractivity contribution is 14.0. The van der Waals surface area contributed by atoms with E-state index in [-0.39, 0.29) is 30.0 Å². The third kappa shape index (κ3) is 6.10. The third-order valence-corrected chi connectivity index (χ3v) is 4.93. The molecular weight excluding hydrogens is 494 g/mol. The fraction of sp³-hybridized carbons (Fsp3) is 0.500. The molecule has 5 nitrogen and oxygen atoms in total. The summed E-state index contributed by atoms with van der Waals surface area (Å²) in [5.41, 5.74) is 2.55. The van der Waals surface area contributed by atoms with Crippen molar-refractivity contribution in [1.29, 1.82) is 0 Å². The van der Waals surface area contributed by atoms with Crippen molar-refractivity contribution in [1.82, 2.24) is 20.4 Å².